The summed E-state index contributed by atoms with van der Waals surface area (Å²) in [5, 5.41) is 9.14. The Hall–Kier alpha value is -2.69. The SMILES string of the molecule is COc1ccc(OCc2ccccc2C(=O)O)c(OC)c1. The molecule has 2 aromatic carbocycles. The quantitative estimate of drug-likeness (QED) is 0.885. The number of ether oxygens (including phenoxy) is 3. The van der Waals surface area contributed by atoms with Crippen LogP contribution in [0.2, 0.25) is 0 Å². The maximum absolute atomic E-state index is 11.1. The second-order valence-corrected chi connectivity index (χ2v) is 4.27. The number of carbonyl (C=O) groups is 1. The van der Waals surface area contributed by atoms with Crippen molar-refractivity contribution in [3.05, 3.63) is 53.6 Å². The second-order valence-electron chi connectivity index (χ2n) is 4.27. The van der Waals surface area contributed by atoms with Crippen LogP contribution in [-0.2, 0) is 6.61 Å². The van der Waals surface area contributed by atoms with Gasteiger partial charge in [-0.15, -0.1) is 0 Å². The average Bonchev–Trinajstić information content (AvgIpc) is 2.52. The smallest absolute Gasteiger partial charge is 0.336 e. The fourth-order valence-corrected chi connectivity index (χ4v) is 1.90. The first-order valence-corrected chi connectivity index (χ1v) is 6.31. The third kappa shape index (κ3) is 3.45. The van der Waals surface area contributed by atoms with Crippen molar-refractivity contribution in [2.75, 3.05) is 14.2 Å². The van der Waals surface area contributed by atoms with Crippen molar-refractivity contribution in [1.29, 1.82) is 0 Å². The molecule has 5 heteroatoms. The van der Waals surface area contributed by atoms with Crippen molar-refractivity contribution in [2.45, 2.75) is 6.61 Å². The van der Waals surface area contributed by atoms with E-state index in [2.05, 4.69) is 0 Å². The van der Waals surface area contributed by atoms with Gasteiger partial charge in [0.05, 0.1) is 19.8 Å². The summed E-state index contributed by atoms with van der Waals surface area (Å²) < 4.78 is 16.0. The molecule has 0 radical (unpaired) electrons. The van der Waals surface area contributed by atoms with Crippen LogP contribution in [0.5, 0.6) is 17.2 Å². The molecule has 0 bridgehead atoms. The van der Waals surface area contributed by atoms with E-state index in [1.165, 1.54) is 7.11 Å². The van der Waals surface area contributed by atoms with Crippen LogP contribution in [0.4, 0.5) is 0 Å². The zero-order chi connectivity index (χ0) is 15.2. The Morgan fingerprint density at radius 2 is 1.81 bits per heavy atom. The molecule has 0 heterocycles. The van der Waals surface area contributed by atoms with Gasteiger partial charge in [0.1, 0.15) is 12.4 Å². The molecule has 21 heavy (non-hydrogen) atoms. The van der Waals surface area contributed by atoms with Crippen molar-refractivity contribution in [2.24, 2.45) is 0 Å². The fourth-order valence-electron chi connectivity index (χ4n) is 1.90. The molecule has 0 amide bonds. The first-order chi connectivity index (χ1) is 10.2. The average molecular weight is 288 g/mol. The van der Waals surface area contributed by atoms with Crippen molar-refractivity contribution >= 4 is 5.97 Å². The monoisotopic (exact) mass is 288 g/mol. The summed E-state index contributed by atoms with van der Waals surface area (Å²) in [6.45, 7) is 0.144. The summed E-state index contributed by atoms with van der Waals surface area (Å²) in [6, 6.07) is 11.9. The lowest BCUT2D eigenvalue weighted by molar-refractivity contribution is 0.0694. The van der Waals surface area contributed by atoms with Crippen molar-refractivity contribution < 1.29 is 24.1 Å². The van der Waals surface area contributed by atoms with Crippen LogP contribution in [0.25, 0.3) is 0 Å². The topological polar surface area (TPSA) is 65.0 Å². The highest BCUT2D eigenvalue weighted by atomic mass is 16.5. The number of carboxylic acids is 1. The Morgan fingerprint density at radius 1 is 1.05 bits per heavy atom. The molecule has 0 atom stereocenters. The van der Waals surface area contributed by atoms with Gasteiger partial charge in [0, 0.05) is 11.6 Å². The van der Waals surface area contributed by atoms with E-state index in [4.69, 9.17) is 19.3 Å². The molecule has 5 nitrogen and oxygen atoms in total. The van der Waals surface area contributed by atoms with Crippen LogP contribution in [0, 0.1) is 0 Å². The summed E-state index contributed by atoms with van der Waals surface area (Å²) in [5.74, 6) is 0.738. The Morgan fingerprint density at radius 3 is 2.48 bits per heavy atom. The molecule has 0 aromatic heterocycles. The van der Waals surface area contributed by atoms with Gasteiger partial charge < -0.3 is 19.3 Å². The second kappa shape index (κ2) is 6.65. The van der Waals surface area contributed by atoms with Crippen molar-refractivity contribution in [3.63, 3.8) is 0 Å². The molecule has 0 saturated carbocycles. The molecule has 0 unspecified atom stereocenters. The molecule has 0 aliphatic carbocycles. The molecule has 110 valence electrons. The molecule has 0 saturated heterocycles. The predicted molar refractivity (Wildman–Crippen MR) is 77.3 cm³/mol. The number of benzene rings is 2. The van der Waals surface area contributed by atoms with E-state index in [-0.39, 0.29) is 12.2 Å². The number of aromatic carboxylic acids is 1. The van der Waals surface area contributed by atoms with Crippen LogP contribution in [-0.4, -0.2) is 25.3 Å². The molecule has 0 spiro atoms. The van der Waals surface area contributed by atoms with Crippen molar-refractivity contribution in [1.82, 2.24) is 0 Å². The van der Waals surface area contributed by atoms with Gasteiger partial charge in [-0.3, -0.25) is 0 Å². The maximum atomic E-state index is 11.1. The summed E-state index contributed by atoms with van der Waals surface area (Å²) in [7, 11) is 3.10. The highest BCUT2D eigenvalue weighted by molar-refractivity contribution is 5.89. The highest BCUT2D eigenvalue weighted by Gasteiger charge is 2.11. The molecule has 0 fully saturated rings. The van der Waals surface area contributed by atoms with Gasteiger partial charge in [0.2, 0.25) is 0 Å². The zero-order valence-electron chi connectivity index (χ0n) is 11.8. The van der Waals surface area contributed by atoms with Gasteiger partial charge in [-0.25, -0.2) is 4.79 Å². The lowest BCUT2D eigenvalue weighted by atomic mass is 10.1. The Balaban J connectivity index is 2.19. The van der Waals surface area contributed by atoms with E-state index in [9.17, 15) is 4.79 Å². The molecule has 1 N–H and O–H groups in total. The van der Waals surface area contributed by atoms with Gasteiger partial charge in [-0.2, -0.15) is 0 Å². The lowest BCUT2D eigenvalue weighted by Crippen LogP contribution is -2.05. The molecule has 0 aliphatic heterocycles. The van der Waals surface area contributed by atoms with E-state index >= 15 is 0 Å². The third-order valence-corrected chi connectivity index (χ3v) is 3.00. The first-order valence-electron chi connectivity index (χ1n) is 6.31. The minimum Gasteiger partial charge on any atom is -0.497 e. The van der Waals surface area contributed by atoms with Crippen LogP contribution < -0.4 is 14.2 Å². The molecule has 0 aliphatic rings. The van der Waals surface area contributed by atoms with Gasteiger partial charge in [0.25, 0.3) is 0 Å². The van der Waals surface area contributed by atoms with E-state index < -0.39 is 5.97 Å². The normalized spacial score (nSPS) is 10.0. The summed E-state index contributed by atoms with van der Waals surface area (Å²) in [6.07, 6.45) is 0. The van der Waals surface area contributed by atoms with Crippen LogP contribution in [0.15, 0.2) is 42.5 Å². The molecular formula is C16H16O5. The van der Waals surface area contributed by atoms with E-state index in [1.807, 2.05) is 0 Å². The van der Waals surface area contributed by atoms with Gasteiger partial charge >= 0.3 is 5.97 Å². The molecule has 2 aromatic rings. The minimum atomic E-state index is -0.976. The largest absolute Gasteiger partial charge is 0.497 e. The van der Waals surface area contributed by atoms with Crippen LogP contribution in [0.3, 0.4) is 0 Å². The third-order valence-electron chi connectivity index (χ3n) is 3.00. The fraction of sp³-hybridized carbons (Fsp3) is 0.188. The van der Waals surface area contributed by atoms with Crippen LogP contribution >= 0.6 is 0 Å². The number of rotatable bonds is 6. The molecule has 2 rings (SSSR count). The zero-order valence-corrected chi connectivity index (χ0v) is 11.8. The Kier molecular flexibility index (Phi) is 4.66. The van der Waals surface area contributed by atoms with Crippen LogP contribution in [0.1, 0.15) is 15.9 Å². The van der Waals surface area contributed by atoms with E-state index in [1.54, 1.807) is 49.6 Å². The summed E-state index contributed by atoms with van der Waals surface area (Å²) >= 11 is 0. The number of carboxylic acid groups (broad SMARTS) is 1. The van der Waals surface area contributed by atoms with E-state index in [0.29, 0.717) is 22.8 Å². The minimum absolute atomic E-state index is 0.144. The maximum Gasteiger partial charge on any atom is 0.336 e. The number of hydrogen-bond acceptors (Lipinski definition) is 4. The van der Waals surface area contributed by atoms with E-state index in [0.717, 1.165) is 0 Å². The standard InChI is InChI=1S/C16H16O5/c1-19-12-7-8-14(15(9-12)20-2)21-10-11-5-3-4-6-13(11)16(17)18/h3-9H,10H2,1-2H3,(H,17,18). The Bertz CT molecular complexity index is 636. The summed E-state index contributed by atoms with van der Waals surface area (Å²) in [4.78, 5) is 11.1. The van der Waals surface area contributed by atoms with Gasteiger partial charge in [0.15, 0.2) is 11.5 Å². The van der Waals surface area contributed by atoms with Gasteiger partial charge in [-0.1, -0.05) is 18.2 Å². The predicted octanol–water partition coefficient (Wildman–Crippen LogP) is 2.98. The summed E-state index contributed by atoms with van der Waals surface area (Å²) in [5.41, 5.74) is 0.827. The van der Waals surface area contributed by atoms with Gasteiger partial charge in [-0.05, 0) is 18.2 Å². The molecular weight excluding hydrogens is 272 g/mol. The Labute approximate surface area is 122 Å². The highest BCUT2D eigenvalue weighted by Crippen LogP contribution is 2.31. The number of methoxy groups -OCH3 is 2. The lowest BCUT2D eigenvalue weighted by Gasteiger charge is -2.13. The van der Waals surface area contributed by atoms with Crippen molar-refractivity contribution in [3.8, 4) is 17.2 Å². The first kappa shape index (κ1) is 14.7. The number of hydrogen-bond donors (Lipinski definition) is 1.